The summed E-state index contributed by atoms with van der Waals surface area (Å²) in [4.78, 5) is 29.8. The fraction of sp³-hybridized carbons (Fsp3) is 0.625. The number of H-pyrrole nitrogens is 1. The van der Waals surface area contributed by atoms with Crippen LogP contribution in [0, 0.1) is 6.92 Å². The van der Waals surface area contributed by atoms with Crippen LogP contribution in [0.25, 0.3) is 0 Å². The average Bonchev–Trinajstić information content (AvgIpc) is 3.02. The molecule has 0 saturated carbocycles. The second-order valence-electron chi connectivity index (χ2n) is 5.74. The third kappa shape index (κ3) is 2.88. The lowest BCUT2D eigenvalue weighted by molar-refractivity contribution is 0.0730. The molecule has 0 bridgehead atoms. The summed E-state index contributed by atoms with van der Waals surface area (Å²) in [5.74, 6) is 0.0491. The molecule has 2 heterocycles. The van der Waals surface area contributed by atoms with Crippen LogP contribution >= 0.6 is 0 Å². The van der Waals surface area contributed by atoms with Crippen molar-refractivity contribution in [3.05, 3.63) is 22.5 Å². The zero-order valence-corrected chi connectivity index (χ0v) is 13.4. The molecule has 116 valence electrons. The van der Waals surface area contributed by atoms with Crippen molar-refractivity contribution < 1.29 is 9.59 Å². The number of rotatable bonds is 5. The van der Waals surface area contributed by atoms with Crippen LogP contribution in [0.4, 0.5) is 0 Å². The highest BCUT2D eigenvalue weighted by atomic mass is 16.2. The Bertz CT molecular complexity index is 548. The number of carbonyl (C=O) groups is 2. The number of nitrogens with one attached hydrogen (secondary N) is 2. The van der Waals surface area contributed by atoms with Crippen LogP contribution in [0.2, 0.25) is 0 Å². The zero-order valence-electron chi connectivity index (χ0n) is 13.4. The van der Waals surface area contributed by atoms with Crippen molar-refractivity contribution in [1.29, 1.82) is 0 Å². The number of hydrogen-bond acceptors (Lipinski definition) is 3. The Balaban J connectivity index is 2.35. The number of aromatic amines is 1. The molecule has 0 spiro atoms. The number of ketones is 1. The summed E-state index contributed by atoms with van der Waals surface area (Å²) in [6.45, 7) is 7.01. The molecule has 1 amide bonds. The van der Waals surface area contributed by atoms with Crippen molar-refractivity contribution in [2.24, 2.45) is 0 Å². The van der Waals surface area contributed by atoms with Crippen LogP contribution in [0.5, 0.6) is 0 Å². The van der Waals surface area contributed by atoms with Crippen LogP contribution in [-0.4, -0.2) is 47.8 Å². The van der Waals surface area contributed by atoms with Crippen LogP contribution in [0.15, 0.2) is 0 Å². The van der Waals surface area contributed by atoms with Gasteiger partial charge in [0.1, 0.15) is 5.69 Å². The van der Waals surface area contributed by atoms with E-state index in [9.17, 15) is 9.59 Å². The summed E-state index contributed by atoms with van der Waals surface area (Å²) in [5.41, 5.74) is 2.94. The highest BCUT2D eigenvalue weighted by Crippen LogP contribution is 2.25. The number of hydrogen-bond donors (Lipinski definition) is 2. The maximum absolute atomic E-state index is 12.9. The Morgan fingerprint density at radius 3 is 2.71 bits per heavy atom. The molecule has 2 rings (SSSR count). The van der Waals surface area contributed by atoms with E-state index in [1.807, 2.05) is 25.8 Å². The van der Waals surface area contributed by atoms with Crippen molar-refractivity contribution in [2.75, 3.05) is 20.1 Å². The lowest BCUT2D eigenvalue weighted by atomic mass is 10.0. The predicted octanol–water partition coefficient (Wildman–Crippen LogP) is 1.91. The summed E-state index contributed by atoms with van der Waals surface area (Å²) in [6.07, 6.45) is 2.76. The molecular weight excluding hydrogens is 266 g/mol. The smallest absolute Gasteiger partial charge is 0.270 e. The van der Waals surface area contributed by atoms with E-state index in [1.54, 1.807) is 6.92 Å². The number of nitrogens with zero attached hydrogens (tertiary/aromatic N) is 1. The van der Waals surface area contributed by atoms with Gasteiger partial charge in [-0.1, -0.05) is 6.92 Å². The number of likely N-dealkylation sites (tertiary alicyclic amines) is 1. The number of Topliss-reactive ketones (excluding diaryl/α,β-unsaturated/α-hetero) is 1. The molecular formula is C16H25N3O2. The van der Waals surface area contributed by atoms with Crippen LogP contribution in [-0.2, 0) is 6.42 Å². The predicted molar refractivity (Wildman–Crippen MR) is 82.9 cm³/mol. The van der Waals surface area contributed by atoms with Gasteiger partial charge in [-0.2, -0.15) is 0 Å². The molecule has 1 aliphatic rings. The molecule has 2 N–H and O–H groups in total. The van der Waals surface area contributed by atoms with Gasteiger partial charge in [-0.25, -0.2) is 0 Å². The summed E-state index contributed by atoms with van der Waals surface area (Å²) in [5, 5.41) is 3.15. The molecule has 1 aromatic heterocycles. The number of aromatic nitrogens is 1. The Morgan fingerprint density at radius 1 is 1.43 bits per heavy atom. The molecule has 1 atom stereocenters. The number of likely N-dealkylation sites (N-methyl/N-ethyl adjacent to an activating group) is 1. The van der Waals surface area contributed by atoms with E-state index in [-0.39, 0.29) is 17.7 Å². The molecule has 1 aromatic rings. The molecule has 1 aliphatic heterocycles. The van der Waals surface area contributed by atoms with Gasteiger partial charge in [0.25, 0.3) is 5.91 Å². The lowest BCUT2D eigenvalue weighted by Gasteiger charge is -2.24. The van der Waals surface area contributed by atoms with Gasteiger partial charge >= 0.3 is 0 Å². The number of amides is 1. The molecule has 1 fully saturated rings. The van der Waals surface area contributed by atoms with E-state index < -0.39 is 0 Å². The molecule has 5 heteroatoms. The van der Waals surface area contributed by atoms with Gasteiger partial charge in [-0.15, -0.1) is 0 Å². The van der Waals surface area contributed by atoms with Crippen LogP contribution in [0.1, 0.15) is 58.8 Å². The highest BCUT2D eigenvalue weighted by Gasteiger charge is 2.32. The number of aryl methyl sites for hydroxylation is 1. The SMILES string of the molecule is CCc1c(C(=O)N2CCCC2CNC)[nH]c(C)c1C(C)=O. The van der Waals surface area contributed by atoms with Gasteiger partial charge in [0.15, 0.2) is 5.78 Å². The first-order chi connectivity index (χ1) is 10.0. The van der Waals surface area contributed by atoms with E-state index in [1.165, 1.54) is 0 Å². The van der Waals surface area contributed by atoms with Crippen molar-refractivity contribution in [3.63, 3.8) is 0 Å². The molecule has 21 heavy (non-hydrogen) atoms. The fourth-order valence-corrected chi connectivity index (χ4v) is 3.38. The first kappa shape index (κ1) is 15.8. The highest BCUT2D eigenvalue weighted by molar-refractivity contribution is 6.02. The van der Waals surface area contributed by atoms with Gasteiger partial charge in [0, 0.05) is 30.4 Å². The Labute approximate surface area is 126 Å². The topological polar surface area (TPSA) is 65.2 Å². The maximum atomic E-state index is 12.9. The Hall–Kier alpha value is -1.62. The standard InChI is InChI=1S/C16H25N3O2/c1-5-13-14(11(3)20)10(2)18-15(13)16(21)19-8-6-7-12(19)9-17-4/h12,17-18H,5-9H2,1-4H3. The van der Waals surface area contributed by atoms with E-state index in [0.717, 1.165) is 37.2 Å². The van der Waals surface area contributed by atoms with Gasteiger partial charge < -0.3 is 15.2 Å². The first-order valence-corrected chi connectivity index (χ1v) is 7.69. The summed E-state index contributed by atoms with van der Waals surface area (Å²) >= 11 is 0. The van der Waals surface area contributed by atoms with Crippen molar-refractivity contribution >= 4 is 11.7 Å². The normalized spacial score (nSPS) is 18.3. The average molecular weight is 291 g/mol. The third-order valence-electron chi connectivity index (χ3n) is 4.29. The van der Waals surface area contributed by atoms with Crippen molar-refractivity contribution in [2.45, 2.75) is 46.1 Å². The van der Waals surface area contributed by atoms with Crippen molar-refractivity contribution in [3.8, 4) is 0 Å². The first-order valence-electron chi connectivity index (χ1n) is 7.69. The lowest BCUT2D eigenvalue weighted by Crippen LogP contribution is -2.41. The van der Waals surface area contributed by atoms with Crippen molar-refractivity contribution in [1.82, 2.24) is 15.2 Å². The monoisotopic (exact) mass is 291 g/mol. The van der Waals surface area contributed by atoms with Gasteiger partial charge in [0.05, 0.1) is 0 Å². The quantitative estimate of drug-likeness (QED) is 0.815. The van der Waals surface area contributed by atoms with E-state index >= 15 is 0 Å². The van der Waals surface area contributed by atoms with E-state index in [0.29, 0.717) is 17.7 Å². The zero-order chi connectivity index (χ0) is 15.6. The molecule has 0 aliphatic carbocycles. The number of carbonyl (C=O) groups excluding carboxylic acids is 2. The second kappa shape index (κ2) is 6.43. The second-order valence-corrected chi connectivity index (χ2v) is 5.74. The largest absolute Gasteiger partial charge is 0.354 e. The fourth-order valence-electron chi connectivity index (χ4n) is 3.38. The third-order valence-corrected chi connectivity index (χ3v) is 4.29. The summed E-state index contributed by atoms with van der Waals surface area (Å²) in [7, 11) is 1.91. The molecule has 5 nitrogen and oxygen atoms in total. The maximum Gasteiger partial charge on any atom is 0.270 e. The Kier molecular flexibility index (Phi) is 4.83. The molecule has 0 aromatic carbocycles. The van der Waals surface area contributed by atoms with Gasteiger partial charge in [-0.05, 0) is 45.7 Å². The minimum Gasteiger partial charge on any atom is -0.354 e. The summed E-state index contributed by atoms with van der Waals surface area (Å²) < 4.78 is 0. The Morgan fingerprint density at radius 2 is 2.14 bits per heavy atom. The van der Waals surface area contributed by atoms with Gasteiger partial charge in [-0.3, -0.25) is 9.59 Å². The van der Waals surface area contributed by atoms with Crippen LogP contribution < -0.4 is 5.32 Å². The molecule has 0 radical (unpaired) electrons. The van der Waals surface area contributed by atoms with E-state index in [4.69, 9.17) is 0 Å². The molecule has 1 saturated heterocycles. The summed E-state index contributed by atoms with van der Waals surface area (Å²) in [6, 6.07) is 0.247. The van der Waals surface area contributed by atoms with Crippen LogP contribution in [0.3, 0.4) is 0 Å². The minimum atomic E-state index is 0.0212. The molecule has 1 unspecified atom stereocenters. The minimum absolute atomic E-state index is 0.0212. The van der Waals surface area contributed by atoms with Gasteiger partial charge in [0.2, 0.25) is 0 Å². The van der Waals surface area contributed by atoms with E-state index in [2.05, 4.69) is 10.3 Å².